The van der Waals surface area contributed by atoms with Crippen LogP contribution in [0.3, 0.4) is 0 Å². The van der Waals surface area contributed by atoms with E-state index in [1.54, 1.807) is 19.5 Å². The van der Waals surface area contributed by atoms with Gasteiger partial charge in [0.2, 0.25) is 0 Å². The molecule has 10 heteroatoms. The first kappa shape index (κ1) is 23.4. The van der Waals surface area contributed by atoms with Crippen LogP contribution in [0, 0.1) is 11.3 Å². The Morgan fingerprint density at radius 1 is 1.14 bits per heavy atom. The van der Waals surface area contributed by atoms with Gasteiger partial charge in [0, 0.05) is 43.1 Å². The lowest BCUT2D eigenvalue weighted by Crippen LogP contribution is -2.36. The zero-order chi connectivity index (χ0) is 24.9. The van der Waals surface area contributed by atoms with E-state index in [0.29, 0.717) is 53.6 Å². The summed E-state index contributed by atoms with van der Waals surface area (Å²) in [5.41, 5.74) is 4.04. The minimum atomic E-state index is 0.385. The smallest absolute Gasteiger partial charge is 0.162 e. The molecule has 1 aliphatic heterocycles. The van der Waals surface area contributed by atoms with Gasteiger partial charge < -0.3 is 24.4 Å². The number of rotatable bonds is 8. The number of anilines is 3. The predicted molar refractivity (Wildman–Crippen MR) is 136 cm³/mol. The van der Waals surface area contributed by atoms with E-state index in [1.807, 2.05) is 48.1 Å². The number of benzene rings is 2. The van der Waals surface area contributed by atoms with Gasteiger partial charge in [-0.25, -0.2) is 4.98 Å². The predicted octanol–water partition coefficient (Wildman–Crippen LogP) is 3.89. The molecule has 10 nitrogen and oxygen atoms in total. The molecular formula is C26H27N7O3. The normalized spacial score (nSPS) is 13.4. The van der Waals surface area contributed by atoms with Crippen LogP contribution >= 0.6 is 0 Å². The number of hydrogen-bond donors (Lipinski definition) is 1. The molecule has 36 heavy (non-hydrogen) atoms. The molecule has 1 fully saturated rings. The molecule has 0 spiro atoms. The topological polar surface area (TPSA) is 110 Å². The fraction of sp³-hybridized carbons (Fsp3) is 0.308. The second-order valence-corrected chi connectivity index (χ2v) is 8.28. The van der Waals surface area contributed by atoms with E-state index in [0.717, 1.165) is 36.7 Å². The number of aryl methyl sites for hydroxylation is 1. The molecule has 5 rings (SSSR count). The number of nitriles is 1. The monoisotopic (exact) mass is 485 g/mol. The van der Waals surface area contributed by atoms with Crippen LogP contribution in [-0.4, -0.2) is 53.2 Å². The Labute approximate surface area is 209 Å². The van der Waals surface area contributed by atoms with Gasteiger partial charge in [-0.2, -0.15) is 10.4 Å². The zero-order valence-electron chi connectivity index (χ0n) is 20.3. The third-order valence-electron chi connectivity index (χ3n) is 6.00. The third-order valence-corrected chi connectivity index (χ3v) is 6.00. The van der Waals surface area contributed by atoms with Gasteiger partial charge in [-0.1, -0.05) is 0 Å². The Balaban J connectivity index is 1.38. The van der Waals surface area contributed by atoms with Gasteiger partial charge in [0.05, 0.1) is 43.9 Å². The molecule has 4 aromatic rings. The van der Waals surface area contributed by atoms with Crippen LogP contribution in [0.15, 0.2) is 48.9 Å². The summed E-state index contributed by atoms with van der Waals surface area (Å²) in [5, 5.41) is 17.6. The molecule has 0 amide bonds. The van der Waals surface area contributed by atoms with Gasteiger partial charge >= 0.3 is 0 Å². The minimum Gasteiger partial charge on any atom is -0.493 e. The molecule has 1 aliphatic rings. The molecule has 0 atom stereocenters. The average molecular weight is 486 g/mol. The SMILES string of the molecule is CCn1cc(COc2ccc(Nc3ccc4ncc(N5CCOCC5)nc4c3C#N)cc2OC)cn1. The maximum Gasteiger partial charge on any atom is 0.162 e. The van der Waals surface area contributed by atoms with Gasteiger partial charge in [-0.05, 0) is 31.2 Å². The minimum absolute atomic E-state index is 0.385. The number of ether oxygens (including phenoxy) is 3. The maximum atomic E-state index is 10.00. The maximum absolute atomic E-state index is 10.00. The van der Waals surface area contributed by atoms with Crippen molar-refractivity contribution in [1.82, 2.24) is 19.7 Å². The second kappa shape index (κ2) is 10.5. The highest BCUT2D eigenvalue weighted by Gasteiger charge is 2.17. The molecule has 0 saturated carbocycles. The fourth-order valence-electron chi connectivity index (χ4n) is 4.07. The Hall–Kier alpha value is -4.36. The van der Waals surface area contributed by atoms with E-state index < -0.39 is 0 Å². The first-order valence-electron chi connectivity index (χ1n) is 11.8. The van der Waals surface area contributed by atoms with Crippen molar-refractivity contribution in [3.8, 4) is 17.6 Å². The lowest BCUT2D eigenvalue weighted by molar-refractivity contribution is 0.122. The largest absolute Gasteiger partial charge is 0.493 e. The van der Waals surface area contributed by atoms with Crippen LogP contribution in [-0.2, 0) is 17.9 Å². The Morgan fingerprint density at radius 2 is 2.00 bits per heavy atom. The van der Waals surface area contributed by atoms with Gasteiger partial charge in [0.25, 0.3) is 0 Å². The summed E-state index contributed by atoms with van der Waals surface area (Å²) in [5.74, 6) is 1.94. The molecule has 1 N–H and O–H groups in total. The van der Waals surface area contributed by atoms with E-state index in [9.17, 15) is 5.26 Å². The Bertz CT molecular complexity index is 1410. The molecule has 0 bridgehead atoms. The summed E-state index contributed by atoms with van der Waals surface area (Å²) >= 11 is 0. The summed E-state index contributed by atoms with van der Waals surface area (Å²) in [7, 11) is 1.60. The first-order valence-corrected chi connectivity index (χ1v) is 11.8. The molecular weight excluding hydrogens is 458 g/mol. The van der Waals surface area contributed by atoms with Crippen LogP contribution < -0.4 is 19.7 Å². The van der Waals surface area contributed by atoms with Gasteiger partial charge in [-0.15, -0.1) is 0 Å². The summed E-state index contributed by atoms with van der Waals surface area (Å²) in [6, 6.07) is 11.6. The van der Waals surface area contributed by atoms with Crippen LogP contribution in [0.4, 0.5) is 17.2 Å². The van der Waals surface area contributed by atoms with E-state index >= 15 is 0 Å². The van der Waals surface area contributed by atoms with Crippen molar-refractivity contribution >= 4 is 28.2 Å². The number of nitrogens with one attached hydrogen (secondary N) is 1. The van der Waals surface area contributed by atoms with E-state index in [-0.39, 0.29) is 0 Å². The van der Waals surface area contributed by atoms with Crippen LogP contribution in [0.2, 0.25) is 0 Å². The van der Waals surface area contributed by atoms with Crippen molar-refractivity contribution in [2.75, 3.05) is 43.6 Å². The summed E-state index contributed by atoms with van der Waals surface area (Å²) < 4.78 is 18.8. The van der Waals surface area contributed by atoms with Crippen LogP contribution in [0.1, 0.15) is 18.1 Å². The van der Waals surface area contributed by atoms with Crippen molar-refractivity contribution in [2.45, 2.75) is 20.1 Å². The number of methoxy groups -OCH3 is 1. The van der Waals surface area contributed by atoms with Gasteiger partial charge in [0.1, 0.15) is 29.6 Å². The highest BCUT2D eigenvalue weighted by Crippen LogP contribution is 2.34. The third kappa shape index (κ3) is 4.87. The van der Waals surface area contributed by atoms with Gasteiger partial charge in [0.15, 0.2) is 11.5 Å². The summed E-state index contributed by atoms with van der Waals surface area (Å²) in [6.45, 7) is 6.02. The Morgan fingerprint density at radius 3 is 2.75 bits per heavy atom. The molecule has 3 heterocycles. The number of hydrogen-bond acceptors (Lipinski definition) is 9. The van der Waals surface area contributed by atoms with E-state index in [2.05, 4.69) is 26.4 Å². The number of aromatic nitrogens is 4. The van der Waals surface area contributed by atoms with Crippen molar-refractivity contribution in [1.29, 1.82) is 5.26 Å². The van der Waals surface area contributed by atoms with Crippen molar-refractivity contribution in [2.24, 2.45) is 0 Å². The van der Waals surface area contributed by atoms with Crippen LogP contribution in [0.25, 0.3) is 11.0 Å². The van der Waals surface area contributed by atoms with E-state index in [1.165, 1.54) is 0 Å². The van der Waals surface area contributed by atoms with Crippen LogP contribution in [0.5, 0.6) is 11.5 Å². The molecule has 0 aliphatic carbocycles. The molecule has 0 radical (unpaired) electrons. The number of fused-ring (bicyclic) bond motifs is 1. The molecule has 1 saturated heterocycles. The van der Waals surface area contributed by atoms with E-state index in [4.69, 9.17) is 19.2 Å². The summed E-state index contributed by atoms with van der Waals surface area (Å²) in [6.07, 6.45) is 5.50. The number of nitrogens with zero attached hydrogens (tertiary/aromatic N) is 6. The number of morpholine rings is 1. The average Bonchev–Trinajstić information content (AvgIpc) is 3.40. The molecule has 2 aromatic heterocycles. The zero-order valence-corrected chi connectivity index (χ0v) is 20.3. The summed E-state index contributed by atoms with van der Waals surface area (Å²) in [4.78, 5) is 11.4. The lowest BCUT2D eigenvalue weighted by Gasteiger charge is -2.27. The molecule has 2 aromatic carbocycles. The van der Waals surface area contributed by atoms with Crippen molar-refractivity contribution < 1.29 is 14.2 Å². The standard InChI is InChI=1S/C26H27N7O3/c1-3-33-16-18(14-29-33)17-36-23-7-4-19(12-24(23)34-2)30-21-5-6-22-26(20(21)13-27)31-25(15-28-22)32-8-10-35-11-9-32/h4-7,12,14-16,30H,3,8-11,17H2,1-2H3. The quantitative estimate of drug-likeness (QED) is 0.397. The molecule has 0 unspecified atom stereocenters. The highest BCUT2D eigenvalue weighted by atomic mass is 16.5. The highest BCUT2D eigenvalue weighted by molar-refractivity contribution is 5.89. The second-order valence-electron chi connectivity index (χ2n) is 8.28. The molecule has 184 valence electrons. The fourth-order valence-corrected chi connectivity index (χ4v) is 4.07. The Kier molecular flexibility index (Phi) is 6.82. The van der Waals surface area contributed by atoms with Crippen molar-refractivity contribution in [3.05, 3.63) is 60.0 Å². The lowest BCUT2D eigenvalue weighted by atomic mass is 10.1. The first-order chi connectivity index (χ1) is 17.7. The van der Waals surface area contributed by atoms with Gasteiger partial charge in [-0.3, -0.25) is 9.67 Å². The van der Waals surface area contributed by atoms with Crippen molar-refractivity contribution in [3.63, 3.8) is 0 Å².